The van der Waals surface area contributed by atoms with Crippen LogP contribution in [0, 0.1) is 3.57 Å². The standard InChI is InChI=1S/C12H12IN7/c1-19(2)7-16-11-10-9(13)5-20(8-3-17-18-4-8)12(10)15-6-14-11/h3-7H,1-2H3,(H,17,18)/b16-7+. The number of aromatic nitrogens is 5. The molecule has 3 aromatic rings. The van der Waals surface area contributed by atoms with Crippen molar-refractivity contribution in [1.29, 1.82) is 0 Å². The Morgan fingerprint density at radius 1 is 1.40 bits per heavy atom. The fourth-order valence-corrected chi connectivity index (χ4v) is 2.60. The first-order valence-electron chi connectivity index (χ1n) is 5.88. The summed E-state index contributed by atoms with van der Waals surface area (Å²) < 4.78 is 3.02. The lowest BCUT2D eigenvalue weighted by molar-refractivity contribution is 0.643. The molecule has 0 atom stereocenters. The van der Waals surface area contributed by atoms with E-state index >= 15 is 0 Å². The van der Waals surface area contributed by atoms with E-state index in [2.05, 4.69) is 47.7 Å². The number of aliphatic imine (C=N–C) groups is 1. The fourth-order valence-electron chi connectivity index (χ4n) is 1.84. The molecule has 0 radical (unpaired) electrons. The van der Waals surface area contributed by atoms with E-state index in [-0.39, 0.29) is 0 Å². The van der Waals surface area contributed by atoms with Gasteiger partial charge in [-0.15, -0.1) is 0 Å². The predicted molar refractivity (Wildman–Crippen MR) is 85.6 cm³/mol. The van der Waals surface area contributed by atoms with E-state index in [0.717, 1.165) is 20.3 Å². The van der Waals surface area contributed by atoms with Crippen LogP contribution in [-0.2, 0) is 0 Å². The van der Waals surface area contributed by atoms with Gasteiger partial charge in [0.15, 0.2) is 11.5 Å². The molecule has 0 aliphatic heterocycles. The highest BCUT2D eigenvalue weighted by Gasteiger charge is 2.14. The molecule has 20 heavy (non-hydrogen) atoms. The van der Waals surface area contributed by atoms with Gasteiger partial charge in [0.05, 0.1) is 23.6 Å². The molecule has 0 saturated carbocycles. The van der Waals surface area contributed by atoms with Crippen molar-refractivity contribution in [3.63, 3.8) is 0 Å². The van der Waals surface area contributed by atoms with Gasteiger partial charge in [-0.3, -0.25) is 9.67 Å². The van der Waals surface area contributed by atoms with Crippen LogP contribution in [0.2, 0.25) is 0 Å². The van der Waals surface area contributed by atoms with Crippen LogP contribution < -0.4 is 0 Å². The van der Waals surface area contributed by atoms with Crippen LogP contribution in [-0.4, -0.2) is 50.1 Å². The van der Waals surface area contributed by atoms with Crippen molar-refractivity contribution in [3.8, 4) is 5.69 Å². The highest BCUT2D eigenvalue weighted by molar-refractivity contribution is 14.1. The van der Waals surface area contributed by atoms with E-state index in [4.69, 9.17) is 0 Å². The van der Waals surface area contributed by atoms with Gasteiger partial charge >= 0.3 is 0 Å². The van der Waals surface area contributed by atoms with E-state index in [0.29, 0.717) is 5.82 Å². The minimum absolute atomic E-state index is 0.662. The second kappa shape index (κ2) is 5.19. The number of halogens is 1. The largest absolute Gasteiger partial charge is 0.369 e. The van der Waals surface area contributed by atoms with Crippen molar-refractivity contribution in [3.05, 3.63) is 28.5 Å². The third kappa shape index (κ3) is 2.26. The minimum atomic E-state index is 0.662. The Balaban J connectivity index is 2.21. The summed E-state index contributed by atoms with van der Waals surface area (Å²) in [4.78, 5) is 14.9. The maximum Gasteiger partial charge on any atom is 0.167 e. The maximum absolute atomic E-state index is 4.40. The minimum Gasteiger partial charge on any atom is -0.369 e. The molecule has 0 amide bonds. The van der Waals surface area contributed by atoms with Gasteiger partial charge in [-0.2, -0.15) is 5.10 Å². The molecule has 8 heteroatoms. The molecule has 7 nitrogen and oxygen atoms in total. The van der Waals surface area contributed by atoms with Gasteiger partial charge in [0.2, 0.25) is 0 Å². The first-order chi connectivity index (χ1) is 9.66. The highest BCUT2D eigenvalue weighted by atomic mass is 127. The Hall–Kier alpha value is -1.97. The second-order valence-corrected chi connectivity index (χ2v) is 5.57. The summed E-state index contributed by atoms with van der Waals surface area (Å²) in [5.41, 5.74) is 1.75. The van der Waals surface area contributed by atoms with Crippen LogP contribution in [0.4, 0.5) is 5.82 Å². The summed E-state index contributed by atoms with van der Waals surface area (Å²) >= 11 is 2.27. The Labute approximate surface area is 128 Å². The van der Waals surface area contributed by atoms with Crippen LogP contribution in [0.15, 0.2) is 29.9 Å². The Kier molecular flexibility index (Phi) is 3.38. The number of rotatable bonds is 3. The molecular weight excluding hydrogens is 369 g/mol. The third-order valence-corrected chi connectivity index (χ3v) is 3.51. The average Bonchev–Trinajstić information content (AvgIpc) is 3.04. The molecule has 3 heterocycles. The van der Waals surface area contributed by atoms with E-state index in [1.807, 2.05) is 36.0 Å². The molecule has 0 bridgehead atoms. The number of nitrogens with one attached hydrogen (secondary N) is 1. The molecule has 0 saturated heterocycles. The van der Waals surface area contributed by atoms with E-state index in [1.165, 1.54) is 6.33 Å². The average molecular weight is 381 g/mol. The number of hydrogen-bond acceptors (Lipinski definition) is 4. The topological polar surface area (TPSA) is 75.0 Å². The Morgan fingerprint density at radius 2 is 2.25 bits per heavy atom. The molecule has 0 aliphatic carbocycles. The smallest absolute Gasteiger partial charge is 0.167 e. The Morgan fingerprint density at radius 3 is 2.95 bits per heavy atom. The SMILES string of the molecule is CN(C)/C=N/c1ncnc2c1c(I)cn2-c1cn[nH]c1. The van der Waals surface area contributed by atoms with Crippen LogP contribution in [0.1, 0.15) is 0 Å². The van der Waals surface area contributed by atoms with Gasteiger partial charge in [0.1, 0.15) is 6.33 Å². The monoisotopic (exact) mass is 381 g/mol. The van der Waals surface area contributed by atoms with Crippen molar-refractivity contribution >= 4 is 45.8 Å². The van der Waals surface area contributed by atoms with Crippen molar-refractivity contribution in [2.24, 2.45) is 4.99 Å². The fraction of sp³-hybridized carbons (Fsp3) is 0.167. The predicted octanol–water partition coefficient (Wildman–Crippen LogP) is 1.97. The zero-order valence-electron chi connectivity index (χ0n) is 10.9. The molecule has 0 unspecified atom stereocenters. The first kappa shape index (κ1) is 13.0. The summed E-state index contributed by atoms with van der Waals surface area (Å²) in [6, 6.07) is 0. The van der Waals surface area contributed by atoms with Crippen LogP contribution in [0.3, 0.4) is 0 Å². The zero-order valence-corrected chi connectivity index (χ0v) is 13.1. The normalized spacial score (nSPS) is 11.6. The van der Waals surface area contributed by atoms with Gasteiger partial charge < -0.3 is 4.90 Å². The van der Waals surface area contributed by atoms with Crippen LogP contribution in [0.5, 0.6) is 0 Å². The molecule has 3 rings (SSSR count). The molecular formula is C12H12IN7. The summed E-state index contributed by atoms with van der Waals surface area (Å²) in [6.45, 7) is 0. The van der Waals surface area contributed by atoms with E-state index in [9.17, 15) is 0 Å². The quantitative estimate of drug-likeness (QED) is 0.428. The lowest BCUT2D eigenvalue weighted by Crippen LogP contribution is -2.07. The zero-order chi connectivity index (χ0) is 14.1. The van der Waals surface area contributed by atoms with Gasteiger partial charge in [-0.25, -0.2) is 15.0 Å². The van der Waals surface area contributed by atoms with Crippen LogP contribution >= 0.6 is 22.6 Å². The van der Waals surface area contributed by atoms with Crippen molar-refractivity contribution in [2.75, 3.05) is 14.1 Å². The molecule has 3 aromatic heterocycles. The highest BCUT2D eigenvalue weighted by Crippen LogP contribution is 2.30. The first-order valence-corrected chi connectivity index (χ1v) is 6.96. The maximum atomic E-state index is 4.40. The van der Waals surface area contributed by atoms with Gasteiger partial charge in [-0.1, -0.05) is 0 Å². The molecule has 0 aliphatic rings. The van der Waals surface area contributed by atoms with Gasteiger partial charge in [0.25, 0.3) is 0 Å². The summed E-state index contributed by atoms with van der Waals surface area (Å²) in [5.74, 6) is 0.662. The second-order valence-electron chi connectivity index (χ2n) is 4.41. The number of fused-ring (bicyclic) bond motifs is 1. The number of nitrogens with zero attached hydrogens (tertiary/aromatic N) is 6. The summed E-state index contributed by atoms with van der Waals surface area (Å²) in [5, 5.41) is 7.71. The van der Waals surface area contributed by atoms with Gasteiger partial charge in [0, 0.05) is 30.1 Å². The third-order valence-electron chi connectivity index (χ3n) is 2.69. The van der Waals surface area contributed by atoms with Gasteiger partial charge in [-0.05, 0) is 22.6 Å². The molecule has 0 aromatic carbocycles. The Bertz CT molecular complexity index is 758. The summed E-state index contributed by atoms with van der Waals surface area (Å²) in [7, 11) is 3.84. The van der Waals surface area contributed by atoms with Crippen molar-refractivity contribution in [1.82, 2.24) is 29.6 Å². The molecule has 0 fully saturated rings. The number of hydrogen-bond donors (Lipinski definition) is 1. The lowest BCUT2D eigenvalue weighted by atomic mass is 10.4. The number of aromatic amines is 1. The van der Waals surface area contributed by atoms with E-state index in [1.54, 1.807) is 12.5 Å². The van der Waals surface area contributed by atoms with Crippen LogP contribution in [0.25, 0.3) is 16.7 Å². The number of H-pyrrole nitrogens is 1. The molecule has 0 spiro atoms. The lowest BCUT2D eigenvalue weighted by Gasteiger charge is -2.03. The molecule has 1 N–H and O–H groups in total. The summed E-state index contributed by atoms with van der Waals surface area (Å²) in [6.07, 6.45) is 8.82. The molecule has 102 valence electrons. The van der Waals surface area contributed by atoms with Crippen molar-refractivity contribution in [2.45, 2.75) is 0 Å². The van der Waals surface area contributed by atoms with E-state index < -0.39 is 0 Å². The van der Waals surface area contributed by atoms with Crippen molar-refractivity contribution < 1.29 is 0 Å².